The van der Waals surface area contributed by atoms with Crippen LogP contribution in [-0.2, 0) is 4.79 Å². The van der Waals surface area contributed by atoms with E-state index in [1.54, 1.807) is 0 Å². The minimum Gasteiger partial charge on any atom is -0.295 e. The Kier molecular flexibility index (Phi) is 1.48. The van der Waals surface area contributed by atoms with Gasteiger partial charge in [-0.15, -0.1) is 0 Å². The van der Waals surface area contributed by atoms with E-state index in [4.69, 9.17) is 0 Å². The fraction of sp³-hybridized carbons (Fsp3) is 0.727. The van der Waals surface area contributed by atoms with Gasteiger partial charge in [0.25, 0.3) is 0 Å². The van der Waals surface area contributed by atoms with Crippen molar-refractivity contribution in [2.75, 3.05) is 0 Å². The Hall–Kier alpha value is -0.590. The second-order valence-corrected chi connectivity index (χ2v) is 4.87. The summed E-state index contributed by atoms with van der Waals surface area (Å²) < 4.78 is 0. The molecular weight excluding hydrogens is 148 g/mol. The number of carbonyl (C=O) groups is 1. The molecule has 0 heterocycles. The van der Waals surface area contributed by atoms with E-state index >= 15 is 0 Å². The Morgan fingerprint density at radius 3 is 2.67 bits per heavy atom. The summed E-state index contributed by atoms with van der Waals surface area (Å²) in [5.74, 6) is 0.991. The van der Waals surface area contributed by atoms with Gasteiger partial charge in [0.15, 0.2) is 5.78 Å². The number of allylic oxidation sites excluding steroid dienone is 2. The maximum absolute atomic E-state index is 11.6. The van der Waals surface area contributed by atoms with Crippen molar-refractivity contribution in [2.24, 2.45) is 11.3 Å². The zero-order chi connectivity index (χ0) is 8.93. The lowest BCUT2D eigenvalue weighted by molar-refractivity contribution is -0.115. The molecule has 66 valence electrons. The number of ketones is 1. The van der Waals surface area contributed by atoms with Gasteiger partial charge < -0.3 is 0 Å². The fourth-order valence-electron chi connectivity index (χ4n) is 2.78. The lowest BCUT2D eigenvalue weighted by Gasteiger charge is -2.23. The van der Waals surface area contributed by atoms with Crippen LogP contribution in [-0.4, -0.2) is 5.78 Å². The van der Waals surface area contributed by atoms with Crippen LogP contribution in [0.25, 0.3) is 0 Å². The lowest BCUT2D eigenvalue weighted by Crippen LogP contribution is -2.15. The first-order chi connectivity index (χ1) is 5.52. The zero-order valence-corrected chi connectivity index (χ0v) is 8.11. The van der Waals surface area contributed by atoms with Gasteiger partial charge in [-0.1, -0.05) is 19.4 Å². The van der Waals surface area contributed by atoms with Gasteiger partial charge in [-0.25, -0.2) is 0 Å². The molecule has 0 saturated heterocycles. The molecule has 0 spiro atoms. The van der Waals surface area contributed by atoms with Crippen LogP contribution in [0.4, 0.5) is 0 Å². The van der Waals surface area contributed by atoms with Crippen LogP contribution in [0.3, 0.4) is 0 Å². The van der Waals surface area contributed by atoms with Gasteiger partial charge >= 0.3 is 0 Å². The van der Waals surface area contributed by atoms with Crippen molar-refractivity contribution >= 4 is 5.78 Å². The average molecular weight is 164 g/mol. The van der Waals surface area contributed by atoms with Crippen molar-refractivity contribution in [1.82, 2.24) is 0 Å². The minimum atomic E-state index is 0.240. The molecule has 2 aliphatic carbocycles. The molecule has 1 heteroatoms. The van der Waals surface area contributed by atoms with E-state index in [1.807, 2.05) is 0 Å². The average Bonchev–Trinajstić information content (AvgIpc) is 2.38. The van der Waals surface area contributed by atoms with E-state index in [0.29, 0.717) is 11.7 Å². The molecule has 0 aromatic heterocycles. The standard InChI is InChI=1S/C11H16O/c1-7-4-5-8-10(7)9(12)6-11(8,2)3/h8H,4-6H2,1-3H3. The third-order valence-electron chi connectivity index (χ3n) is 3.48. The SMILES string of the molecule is CC1=C2C(=O)CC(C)(C)C2CC1. The summed E-state index contributed by atoms with van der Waals surface area (Å²) in [7, 11) is 0. The van der Waals surface area contributed by atoms with E-state index in [1.165, 1.54) is 17.6 Å². The molecule has 1 saturated carbocycles. The summed E-state index contributed by atoms with van der Waals surface area (Å²) in [5, 5.41) is 0. The van der Waals surface area contributed by atoms with E-state index < -0.39 is 0 Å². The molecule has 0 aromatic carbocycles. The topological polar surface area (TPSA) is 17.1 Å². The van der Waals surface area contributed by atoms with Crippen molar-refractivity contribution in [3.05, 3.63) is 11.1 Å². The third-order valence-corrected chi connectivity index (χ3v) is 3.48. The normalized spacial score (nSPS) is 32.9. The number of rotatable bonds is 0. The molecule has 1 atom stereocenters. The molecule has 0 aliphatic heterocycles. The second kappa shape index (κ2) is 2.21. The molecule has 0 amide bonds. The first-order valence-corrected chi connectivity index (χ1v) is 4.75. The lowest BCUT2D eigenvalue weighted by atomic mass is 9.80. The van der Waals surface area contributed by atoms with E-state index in [0.717, 1.165) is 12.8 Å². The zero-order valence-electron chi connectivity index (χ0n) is 8.11. The molecule has 1 fully saturated rings. The van der Waals surface area contributed by atoms with Crippen LogP contribution in [0.1, 0.15) is 40.0 Å². The Labute approximate surface area is 73.8 Å². The van der Waals surface area contributed by atoms with Gasteiger partial charge in [-0.3, -0.25) is 4.79 Å². The molecule has 1 unspecified atom stereocenters. The van der Waals surface area contributed by atoms with Crippen LogP contribution in [0.15, 0.2) is 11.1 Å². The molecule has 2 rings (SSSR count). The first kappa shape index (κ1) is 8.03. The van der Waals surface area contributed by atoms with Crippen LogP contribution in [0, 0.1) is 11.3 Å². The minimum absolute atomic E-state index is 0.240. The summed E-state index contributed by atoms with van der Waals surface area (Å²) in [4.78, 5) is 11.6. The smallest absolute Gasteiger partial charge is 0.159 e. The third kappa shape index (κ3) is 0.886. The molecular formula is C11H16O. The highest BCUT2D eigenvalue weighted by molar-refractivity contribution is 6.00. The largest absolute Gasteiger partial charge is 0.295 e. The molecule has 12 heavy (non-hydrogen) atoms. The van der Waals surface area contributed by atoms with Crippen molar-refractivity contribution in [3.63, 3.8) is 0 Å². The van der Waals surface area contributed by atoms with Crippen molar-refractivity contribution in [2.45, 2.75) is 40.0 Å². The first-order valence-electron chi connectivity index (χ1n) is 4.75. The predicted molar refractivity (Wildman–Crippen MR) is 48.8 cm³/mol. The van der Waals surface area contributed by atoms with Gasteiger partial charge in [0.2, 0.25) is 0 Å². The van der Waals surface area contributed by atoms with E-state index in [9.17, 15) is 4.79 Å². The van der Waals surface area contributed by atoms with Crippen LogP contribution < -0.4 is 0 Å². The summed E-state index contributed by atoms with van der Waals surface area (Å²) in [6.07, 6.45) is 3.12. The maximum Gasteiger partial charge on any atom is 0.159 e. The van der Waals surface area contributed by atoms with Gasteiger partial charge in [0.1, 0.15) is 0 Å². The molecule has 1 nitrogen and oxygen atoms in total. The summed E-state index contributed by atoms with van der Waals surface area (Å²) in [6.45, 7) is 6.57. The second-order valence-electron chi connectivity index (χ2n) is 4.87. The van der Waals surface area contributed by atoms with E-state index in [-0.39, 0.29) is 5.41 Å². The van der Waals surface area contributed by atoms with Gasteiger partial charge in [0.05, 0.1) is 0 Å². The molecule has 2 aliphatic rings. The maximum atomic E-state index is 11.6. The van der Waals surface area contributed by atoms with Gasteiger partial charge in [-0.2, -0.15) is 0 Å². The Morgan fingerprint density at radius 2 is 2.08 bits per heavy atom. The summed E-state index contributed by atoms with van der Waals surface area (Å²) >= 11 is 0. The van der Waals surface area contributed by atoms with Crippen LogP contribution in [0.2, 0.25) is 0 Å². The number of hydrogen-bond acceptors (Lipinski definition) is 1. The highest BCUT2D eigenvalue weighted by atomic mass is 16.1. The Bertz CT molecular complexity index is 271. The number of hydrogen-bond donors (Lipinski definition) is 0. The Balaban J connectivity index is 2.45. The van der Waals surface area contributed by atoms with Gasteiger partial charge in [0, 0.05) is 6.42 Å². The highest BCUT2D eigenvalue weighted by Gasteiger charge is 2.46. The molecule has 0 N–H and O–H groups in total. The Morgan fingerprint density at radius 1 is 1.42 bits per heavy atom. The van der Waals surface area contributed by atoms with Crippen molar-refractivity contribution in [1.29, 1.82) is 0 Å². The number of fused-ring (bicyclic) bond motifs is 1. The molecule has 0 bridgehead atoms. The van der Waals surface area contributed by atoms with Crippen LogP contribution in [0.5, 0.6) is 0 Å². The number of Topliss-reactive ketones (excluding diaryl/α,β-unsaturated/α-hetero) is 1. The highest BCUT2D eigenvalue weighted by Crippen LogP contribution is 2.51. The quantitative estimate of drug-likeness (QED) is 0.538. The summed E-state index contributed by atoms with van der Waals surface area (Å²) in [5.41, 5.74) is 2.78. The van der Waals surface area contributed by atoms with Crippen molar-refractivity contribution < 1.29 is 4.79 Å². The molecule has 0 radical (unpaired) electrons. The molecule has 0 aromatic rings. The van der Waals surface area contributed by atoms with Crippen LogP contribution >= 0.6 is 0 Å². The monoisotopic (exact) mass is 164 g/mol. The van der Waals surface area contributed by atoms with Crippen molar-refractivity contribution in [3.8, 4) is 0 Å². The van der Waals surface area contributed by atoms with E-state index in [2.05, 4.69) is 20.8 Å². The fourth-order valence-corrected chi connectivity index (χ4v) is 2.78. The van der Waals surface area contributed by atoms with Gasteiger partial charge in [-0.05, 0) is 36.7 Å². The number of carbonyl (C=O) groups excluding carboxylic acids is 1. The predicted octanol–water partition coefficient (Wildman–Crippen LogP) is 2.71. The summed E-state index contributed by atoms with van der Waals surface area (Å²) in [6, 6.07) is 0.